The number of anilines is 1. The predicted octanol–water partition coefficient (Wildman–Crippen LogP) is 4.31. The summed E-state index contributed by atoms with van der Waals surface area (Å²) in [7, 11) is 1.81. The van der Waals surface area contributed by atoms with Crippen LogP contribution in [0.3, 0.4) is 0 Å². The van der Waals surface area contributed by atoms with Gasteiger partial charge in [-0.05, 0) is 50.1 Å². The number of carbonyl (C=O) groups is 2. The molecule has 0 aliphatic rings. The Balaban J connectivity index is 1.60. The quantitative estimate of drug-likeness (QED) is 0.516. The van der Waals surface area contributed by atoms with Crippen molar-refractivity contribution in [1.29, 1.82) is 0 Å². The van der Waals surface area contributed by atoms with Crippen LogP contribution < -0.4 is 10.6 Å². The molecule has 1 unspecified atom stereocenters. The van der Waals surface area contributed by atoms with Crippen molar-refractivity contribution >= 4 is 40.9 Å². The Bertz CT molecular complexity index is 1120. The predicted molar refractivity (Wildman–Crippen MR) is 124 cm³/mol. The van der Waals surface area contributed by atoms with E-state index >= 15 is 0 Å². The lowest BCUT2D eigenvalue weighted by Crippen LogP contribution is -2.29. The number of aromatic nitrogens is 3. The number of carbonyl (C=O) groups excluding carboxylic acids is 2. The van der Waals surface area contributed by atoms with Crippen LogP contribution in [0.4, 0.5) is 5.69 Å². The Labute approximate surface area is 190 Å². The number of hydrogen-bond donors (Lipinski definition) is 2. The number of nitrogens with one attached hydrogen (secondary N) is 2. The lowest BCUT2D eigenvalue weighted by molar-refractivity contribution is -0.113. The molecule has 0 aliphatic heterocycles. The molecule has 162 valence electrons. The van der Waals surface area contributed by atoms with Crippen LogP contribution in [0.2, 0.25) is 5.02 Å². The van der Waals surface area contributed by atoms with E-state index in [-0.39, 0.29) is 23.6 Å². The van der Waals surface area contributed by atoms with Gasteiger partial charge in [0, 0.05) is 23.3 Å². The van der Waals surface area contributed by atoms with E-state index in [1.807, 2.05) is 52.1 Å². The van der Waals surface area contributed by atoms with Crippen LogP contribution >= 0.6 is 23.4 Å². The first kappa shape index (κ1) is 22.8. The van der Waals surface area contributed by atoms with Gasteiger partial charge in [0.15, 0.2) is 11.0 Å². The summed E-state index contributed by atoms with van der Waals surface area (Å²) < 4.78 is 1.78. The molecule has 0 radical (unpaired) electrons. The van der Waals surface area contributed by atoms with E-state index in [1.165, 1.54) is 11.8 Å². The SMILES string of the molecule is Cc1ccc(Cl)cc1NC(=O)CSc1nnc(C(C)NC(=O)c2ccccc2C)n1C. The molecule has 1 heterocycles. The van der Waals surface area contributed by atoms with Crippen molar-refractivity contribution in [2.24, 2.45) is 7.05 Å². The zero-order valence-corrected chi connectivity index (χ0v) is 19.3. The van der Waals surface area contributed by atoms with Crippen LogP contribution in [-0.4, -0.2) is 32.3 Å². The maximum atomic E-state index is 12.6. The lowest BCUT2D eigenvalue weighted by atomic mass is 10.1. The largest absolute Gasteiger partial charge is 0.342 e. The average Bonchev–Trinajstić information content (AvgIpc) is 3.10. The molecule has 0 spiro atoms. The van der Waals surface area contributed by atoms with Crippen molar-refractivity contribution in [1.82, 2.24) is 20.1 Å². The molecule has 0 aliphatic carbocycles. The Morgan fingerprint density at radius 1 is 1.13 bits per heavy atom. The molecule has 0 saturated carbocycles. The van der Waals surface area contributed by atoms with Crippen molar-refractivity contribution in [2.75, 3.05) is 11.1 Å². The molecule has 0 fully saturated rings. The smallest absolute Gasteiger partial charge is 0.252 e. The van der Waals surface area contributed by atoms with Gasteiger partial charge >= 0.3 is 0 Å². The second kappa shape index (κ2) is 9.98. The molecule has 2 amide bonds. The molecule has 9 heteroatoms. The molecule has 31 heavy (non-hydrogen) atoms. The fourth-order valence-electron chi connectivity index (χ4n) is 3.04. The number of rotatable bonds is 7. The average molecular weight is 458 g/mol. The van der Waals surface area contributed by atoms with E-state index in [4.69, 9.17) is 11.6 Å². The van der Waals surface area contributed by atoms with Gasteiger partial charge in [-0.25, -0.2) is 0 Å². The summed E-state index contributed by atoms with van der Waals surface area (Å²) in [6.07, 6.45) is 0. The molecule has 2 N–H and O–H groups in total. The number of hydrogen-bond acceptors (Lipinski definition) is 5. The van der Waals surface area contributed by atoms with Gasteiger partial charge in [-0.15, -0.1) is 10.2 Å². The molecule has 2 aromatic carbocycles. The van der Waals surface area contributed by atoms with Gasteiger partial charge in [0.1, 0.15) is 0 Å². The Hall–Kier alpha value is -2.84. The zero-order valence-electron chi connectivity index (χ0n) is 17.8. The highest BCUT2D eigenvalue weighted by Crippen LogP contribution is 2.22. The summed E-state index contributed by atoms with van der Waals surface area (Å²) in [5, 5.41) is 15.3. The van der Waals surface area contributed by atoms with E-state index in [0.29, 0.717) is 27.3 Å². The minimum Gasteiger partial charge on any atom is -0.342 e. The standard InChI is InChI=1S/C22H24ClN5O2S/c1-13-7-5-6-8-17(13)21(30)24-15(3)20-26-27-22(28(20)4)31-12-19(29)25-18-11-16(23)10-9-14(18)2/h5-11,15H,12H2,1-4H3,(H,24,30)(H,25,29). The second-order valence-electron chi connectivity index (χ2n) is 7.21. The van der Waals surface area contributed by atoms with Crippen molar-refractivity contribution in [3.05, 3.63) is 70.0 Å². The fraction of sp³-hybridized carbons (Fsp3) is 0.273. The number of thioether (sulfide) groups is 1. The van der Waals surface area contributed by atoms with E-state index in [9.17, 15) is 9.59 Å². The van der Waals surface area contributed by atoms with Crippen molar-refractivity contribution in [3.8, 4) is 0 Å². The van der Waals surface area contributed by atoms with Gasteiger partial charge in [0.2, 0.25) is 5.91 Å². The molecular formula is C22H24ClN5O2S. The molecular weight excluding hydrogens is 434 g/mol. The summed E-state index contributed by atoms with van der Waals surface area (Å²) in [6.45, 7) is 5.65. The zero-order chi connectivity index (χ0) is 22.5. The highest BCUT2D eigenvalue weighted by molar-refractivity contribution is 7.99. The van der Waals surface area contributed by atoms with Gasteiger partial charge < -0.3 is 15.2 Å². The van der Waals surface area contributed by atoms with E-state index in [1.54, 1.807) is 22.8 Å². The van der Waals surface area contributed by atoms with Crippen molar-refractivity contribution in [2.45, 2.75) is 32.0 Å². The van der Waals surface area contributed by atoms with Crippen LogP contribution in [0.1, 0.15) is 40.3 Å². The number of aryl methyl sites for hydroxylation is 2. The topological polar surface area (TPSA) is 88.9 Å². The third kappa shape index (κ3) is 5.65. The maximum absolute atomic E-state index is 12.6. The third-order valence-electron chi connectivity index (χ3n) is 4.80. The van der Waals surface area contributed by atoms with E-state index < -0.39 is 0 Å². The van der Waals surface area contributed by atoms with E-state index in [2.05, 4.69) is 20.8 Å². The normalized spacial score (nSPS) is 11.8. The number of benzene rings is 2. The van der Waals surface area contributed by atoms with E-state index in [0.717, 1.165) is 11.1 Å². The second-order valence-corrected chi connectivity index (χ2v) is 8.58. The first-order chi connectivity index (χ1) is 14.8. The highest BCUT2D eigenvalue weighted by Gasteiger charge is 2.19. The summed E-state index contributed by atoms with van der Waals surface area (Å²) in [5.74, 6) is 0.442. The Morgan fingerprint density at radius 3 is 2.61 bits per heavy atom. The molecule has 1 aromatic heterocycles. The van der Waals surface area contributed by atoms with Gasteiger partial charge in [0.05, 0.1) is 11.8 Å². The molecule has 0 saturated heterocycles. The Kier molecular flexibility index (Phi) is 7.35. The van der Waals surface area contributed by atoms with Crippen LogP contribution in [0.15, 0.2) is 47.6 Å². The van der Waals surface area contributed by atoms with Gasteiger partial charge in [0.25, 0.3) is 5.91 Å². The fourth-order valence-corrected chi connectivity index (χ4v) is 3.93. The summed E-state index contributed by atoms with van der Waals surface area (Å²) in [6, 6.07) is 12.4. The summed E-state index contributed by atoms with van der Waals surface area (Å²) in [5.41, 5.74) is 3.15. The minimum absolute atomic E-state index is 0.166. The van der Waals surface area contributed by atoms with Gasteiger partial charge in [-0.1, -0.05) is 47.6 Å². The molecule has 0 bridgehead atoms. The summed E-state index contributed by atoms with van der Waals surface area (Å²) in [4.78, 5) is 24.9. The minimum atomic E-state index is -0.345. The van der Waals surface area contributed by atoms with Crippen LogP contribution in [0.5, 0.6) is 0 Å². The monoisotopic (exact) mass is 457 g/mol. The first-order valence-electron chi connectivity index (χ1n) is 9.71. The maximum Gasteiger partial charge on any atom is 0.252 e. The van der Waals surface area contributed by atoms with Crippen molar-refractivity contribution in [3.63, 3.8) is 0 Å². The molecule has 7 nitrogen and oxygen atoms in total. The molecule has 3 aromatic rings. The van der Waals surface area contributed by atoms with Gasteiger partial charge in [-0.2, -0.15) is 0 Å². The number of amides is 2. The first-order valence-corrected chi connectivity index (χ1v) is 11.1. The molecule has 1 atom stereocenters. The summed E-state index contributed by atoms with van der Waals surface area (Å²) >= 11 is 7.27. The third-order valence-corrected chi connectivity index (χ3v) is 6.05. The lowest BCUT2D eigenvalue weighted by Gasteiger charge is -2.14. The molecule has 3 rings (SSSR count). The highest BCUT2D eigenvalue weighted by atomic mass is 35.5. The van der Waals surface area contributed by atoms with Crippen LogP contribution in [0.25, 0.3) is 0 Å². The number of nitrogens with zero attached hydrogens (tertiary/aromatic N) is 3. The van der Waals surface area contributed by atoms with Crippen LogP contribution in [0, 0.1) is 13.8 Å². The number of halogens is 1. The van der Waals surface area contributed by atoms with Crippen LogP contribution in [-0.2, 0) is 11.8 Å². The Morgan fingerprint density at radius 2 is 1.87 bits per heavy atom. The van der Waals surface area contributed by atoms with Crippen molar-refractivity contribution < 1.29 is 9.59 Å². The van der Waals surface area contributed by atoms with Gasteiger partial charge in [-0.3, -0.25) is 9.59 Å².